The molecule has 1 N–H and O–H groups in total. The number of anilines is 1. The first kappa shape index (κ1) is 23.7. The number of methoxy groups -OCH3 is 2. The lowest BCUT2D eigenvalue weighted by Crippen LogP contribution is -2.15. The van der Waals surface area contributed by atoms with Crippen LogP contribution in [0.3, 0.4) is 0 Å². The molecule has 0 fully saturated rings. The van der Waals surface area contributed by atoms with Crippen LogP contribution >= 0.6 is 23.4 Å². The Balaban J connectivity index is 1.62. The van der Waals surface area contributed by atoms with Crippen LogP contribution in [-0.2, 0) is 17.9 Å². The van der Waals surface area contributed by atoms with Gasteiger partial charge in [-0.1, -0.05) is 23.4 Å². The van der Waals surface area contributed by atoms with E-state index in [4.69, 9.17) is 25.8 Å². The zero-order valence-electron chi connectivity index (χ0n) is 18.3. The SMILES string of the molecule is CCn1c(COc2ccc(Cl)cc2C)nnc1SCC(=O)Nc1cc(OC)ccc1OC. The third-order valence-electron chi connectivity index (χ3n) is 4.62. The highest BCUT2D eigenvalue weighted by atomic mass is 35.5. The molecule has 0 saturated heterocycles. The Morgan fingerprint density at radius 1 is 1.12 bits per heavy atom. The van der Waals surface area contributed by atoms with Crippen molar-refractivity contribution in [2.24, 2.45) is 0 Å². The molecular weight excluding hydrogens is 452 g/mol. The molecule has 0 bridgehead atoms. The predicted molar refractivity (Wildman–Crippen MR) is 125 cm³/mol. The number of benzene rings is 2. The van der Waals surface area contributed by atoms with Gasteiger partial charge < -0.3 is 24.1 Å². The van der Waals surface area contributed by atoms with Crippen molar-refractivity contribution in [3.05, 3.63) is 52.8 Å². The van der Waals surface area contributed by atoms with E-state index < -0.39 is 0 Å². The first-order chi connectivity index (χ1) is 15.4. The lowest BCUT2D eigenvalue weighted by molar-refractivity contribution is -0.113. The largest absolute Gasteiger partial charge is 0.497 e. The fourth-order valence-electron chi connectivity index (χ4n) is 3.00. The van der Waals surface area contributed by atoms with Crippen molar-refractivity contribution >= 4 is 35.0 Å². The molecule has 0 spiro atoms. The van der Waals surface area contributed by atoms with Gasteiger partial charge in [0.1, 0.15) is 23.9 Å². The van der Waals surface area contributed by atoms with Crippen molar-refractivity contribution in [2.75, 3.05) is 25.3 Å². The van der Waals surface area contributed by atoms with Gasteiger partial charge in [0.15, 0.2) is 11.0 Å². The molecule has 32 heavy (non-hydrogen) atoms. The van der Waals surface area contributed by atoms with Gasteiger partial charge in [-0.15, -0.1) is 10.2 Å². The Bertz CT molecular complexity index is 1090. The molecule has 0 unspecified atom stereocenters. The van der Waals surface area contributed by atoms with Crippen molar-refractivity contribution in [1.29, 1.82) is 0 Å². The summed E-state index contributed by atoms with van der Waals surface area (Å²) in [7, 11) is 3.11. The second-order valence-corrected chi connectivity index (χ2v) is 8.12. The number of hydrogen-bond donors (Lipinski definition) is 1. The molecule has 0 atom stereocenters. The zero-order chi connectivity index (χ0) is 23.1. The van der Waals surface area contributed by atoms with Gasteiger partial charge in [0.05, 0.1) is 25.7 Å². The van der Waals surface area contributed by atoms with Crippen molar-refractivity contribution in [3.63, 3.8) is 0 Å². The summed E-state index contributed by atoms with van der Waals surface area (Å²) in [6, 6.07) is 10.7. The van der Waals surface area contributed by atoms with Gasteiger partial charge in [-0.3, -0.25) is 4.79 Å². The van der Waals surface area contributed by atoms with E-state index in [0.717, 1.165) is 11.3 Å². The van der Waals surface area contributed by atoms with Gasteiger partial charge in [0.2, 0.25) is 5.91 Å². The average Bonchev–Trinajstić information content (AvgIpc) is 3.18. The molecule has 0 radical (unpaired) electrons. The Hall–Kier alpha value is -2.91. The number of aromatic nitrogens is 3. The summed E-state index contributed by atoms with van der Waals surface area (Å²) < 4.78 is 18.3. The summed E-state index contributed by atoms with van der Waals surface area (Å²) in [6.45, 7) is 4.84. The lowest BCUT2D eigenvalue weighted by atomic mass is 10.2. The number of nitrogens with one attached hydrogen (secondary N) is 1. The number of halogens is 1. The molecule has 170 valence electrons. The van der Waals surface area contributed by atoms with Crippen molar-refractivity contribution in [3.8, 4) is 17.2 Å². The molecule has 10 heteroatoms. The number of nitrogens with zero attached hydrogens (tertiary/aromatic N) is 3. The Morgan fingerprint density at radius 2 is 1.91 bits per heavy atom. The van der Waals surface area contributed by atoms with Gasteiger partial charge in [-0.05, 0) is 49.7 Å². The molecule has 3 aromatic rings. The monoisotopic (exact) mass is 476 g/mol. The molecule has 1 aromatic heterocycles. The fraction of sp³-hybridized carbons (Fsp3) is 0.318. The summed E-state index contributed by atoms with van der Waals surface area (Å²) in [5, 5.41) is 12.6. The van der Waals surface area contributed by atoms with Crippen LogP contribution in [0.1, 0.15) is 18.3 Å². The highest BCUT2D eigenvalue weighted by Crippen LogP contribution is 2.29. The van der Waals surface area contributed by atoms with Crippen LogP contribution in [-0.4, -0.2) is 40.6 Å². The summed E-state index contributed by atoms with van der Waals surface area (Å²) in [5.74, 6) is 2.56. The number of carbonyl (C=O) groups is 1. The fourth-order valence-corrected chi connectivity index (χ4v) is 4.04. The summed E-state index contributed by atoms with van der Waals surface area (Å²) in [5.41, 5.74) is 1.49. The summed E-state index contributed by atoms with van der Waals surface area (Å²) in [4.78, 5) is 12.5. The minimum atomic E-state index is -0.193. The number of ether oxygens (including phenoxy) is 3. The Labute approximate surface area is 196 Å². The third kappa shape index (κ3) is 5.86. The molecule has 0 saturated carbocycles. The number of rotatable bonds is 10. The lowest BCUT2D eigenvalue weighted by Gasteiger charge is -2.12. The molecule has 3 rings (SSSR count). The van der Waals surface area contributed by atoms with Gasteiger partial charge in [0, 0.05) is 17.6 Å². The second-order valence-electron chi connectivity index (χ2n) is 6.74. The second kappa shape index (κ2) is 11.1. The quantitative estimate of drug-likeness (QED) is 0.428. The van der Waals surface area contributed by atoms with Crippen LogP contribution in [0.4, 0.5) is 5.69 Å². The maximum Gasteiger partial charge on any atom is 0.234 e. The van der Waals surface area contributed by atoms with Gasteiger partial charge >= 0.3 is 0 Å². The molecule has 1 amide bonds. The van der Waals surface area contributed by atoms with Crippen LogP contribution < -0.4 is 19.5 Å². The molecular formula is C22H25ClN4O4S. The number of hydrogen-bond acceptors (Lipinski definition) is 7. The van der Waals surface area contributed by atoms with Crippen molar-refractivity contribution in [1.82, 2.24) is 14.8 Å². The summed E-state index contributed by atoms with van der Waals surface area (Å²) >= 11 is 7.30. The van der Waals surface area contributed by atoms with Crippen LogP contribution in [0, 0.1) is 6.92 Å². The van der Waals surface area contributed by atoms with E-state index in [0.29, 0.717) is 39.7 Å². The normalized spacial score (nSPS) is 10.7. The topological polar surface area (TPSA) is 87.5 Å². The van der Waals surface area contributed by atoms with Crippen molar-refractivity contribution < 1.29 is 19.0 Å². The van der Waals surface area contributed by atoms with Crippen LogP contribution in [0.15, 0.2) is 41.6 Å². The summed E-state index contributed by atoms with van der Waals surface area (Å²) in [6.07, 6.45) is 0. The van der Waals surface area contributed by atoms with E-state index in [9.17, 15) is 4.79 Å². The van der Waals surface area contributed by atoms with E-state index in [2.05, 4.69) is 15.5 Å². The Kier molecular flexibility index (Phi) is 8.24. The van der Waals surface area contributed by atoms with E-state index in [1.165, 1.54) is 11.8 Å². The molecule has 2 aromatic carbocycles. The van der Waals surface area contributed by atoms with Gasteiger partial charge in [0.25, 0.3) is 0 Å². The Morgan fingerprint density at radius 3 is 2.59 bits per heavy atom. The average molecular weight is 477 g/mol. The first-order valence-corrected chi connectivity index (χ1v) is 11.3. The molecule has 0 aliphatic heterocycles. The smallest absolute Gasteiger partial charge is 0.234 e. The van der Waals surface area contributed by atoms with Crippen LogP contribution in [0.5, 0.6) is 17.2 Å². The zero-order valence-corrected chi connectivity index (χ0v) is 19.9. The van der Waals surface area contributed by atoms with E-state index in [-0.39, 0.29) is 18.3 Å². The maximum atomic E-state index is 12.5. The minimum absolute atomic E-state index is 0.162. The predicted octanol–water partition coefficient (Wildman–Crippen LogP) is 4.59. The van der Waals surface area contributed by atoms with Gasteiger partial charge in [-0.2, -0.15) is 0 Å². The minimum Gasteiger partial charge on any atom is -0.497 e. The highest BCUT2D eigenvalue weighted by Gasteiger charge is 2.15. The third-order valence-corrected chi connectivity index (χ3v) is 5.82. The van der Waals surface area contributed by atoms with Crippen molar-refractivity contribution in [2.45, 2.75) is 32.2 Å². The standard InChI is InChI=1S/C22H25ClN4O4S/c1-5-27-20(12-31-18-8-6-15(23)10-14(18)2)25-26-22(27)32-13-21(28)24-17-11-16(29-3)7-9-19(17)30-4/h6-11H,5,12-13H2,1-4H3,(H,24,28). The number of carbonyl (C=O) groups excluding carboxylic acids is 1. The highest BCUT2D eigenvalue weighted by molar-refractivity contribution is 7.99. The molecule has 1 heterocycles. The maximum absolute atomic E-state index is 12.5. The number of thioether (sulfide) groups is 1. The molecule has 8 nitrogen and oxygen atoms in total. The van der Waals surface area contributed by atoms with Gasteiger partial charge in [-0.25, -0.2) is 0 Å². The number of aryl methyl sites for hydroxylation is 1. The van der Waals surface area contributed by atoms with E-state index in [1.54, 1.807) is 38.5 Å². The first-order valence-electron chi connectivity index (χ1n) is 9.90. The van der Waals surface area contributed by atoms with E-state index >= 15 is 0 Å². The van der Waals surface area contributed by atoms with Crippen LogP contribution in [0.25, 0.3) is 0 Å². The molecule has 0 aliphatic rings. The molecule has 0 aliphatic carbocycles. The van der Waals surface area contributed by atoms with E-state index in [1.807, 2.05) is 30.5 Å². The van der Waals surface area contributed by atoms with Crippen LogP contribution in [0.2, 0.25) is 5.02 Å². The number of amides is 1.